The van der Waals surface area contributed by atoms with Crippen LogP contribution in [0.25, 0.3) is 22.0 Å². The van der Waals surface area contributed by atoms with Crippen LogP contribution in [-0.4, -0.2) is 52.7 Å². The first-order chi connectivity index (χ1) is 16.2. The lowest BCUT2D eigenvalue weighted by atomic mass is 9.96. The van der Waals surface area contributed by atoms with Crippen molar-refractivity contribution < 1.29 is 13.9 Å². The number of methoxy groups -OCH3 is 1. The maximum absolute atomic E-state index is 13.0. The Balaban J connectivity index is 1.23. The molecule has 0 aliphatic carbocycles. The normalized spacial score (nSPS) is 15.1. The van der Waals surface area contributed by atoms with Gasteiger partial charge in [0.1, 0.15) is 11.5 Å². The third-order valence-electron chi connectivity index (χ3n) is 6.31. The zero-order valence-corrected chi connectivity index (χ0v) is 18.6. The Morgan fingerprint density at radius 1 is 1.27 bits per heavy atom. The van der Waals surface area contributed by atoms with E-state index in [-0.39, 0.29) is 5.91 Å². The van der Waals surface area contributed by atoms with Crippen molar-refractivity contribution in [2.24, 2.45) is 5.92 Å². The molecule has 0 radical (unpaired) electrons. The molecule has 3 aromatic heterocycles. The van der Waals surface area contributed by atoms with Crippen LogP contribution in [0.2, 0.25) is 0 Å². The summed E-state index contributed by atoms with van der Waals surface area (Å²) < 4.78 is 10.9. The molecule has 0 bridgehead atoms. The molecule has 33 heavy (non-hydrogen) atoms. The number of aromatic amines is 1. The van der Waals surface area contributed by atoms with E-state index < -0.39 is 0 Å². The van der Waals surface area contributed by atoms with Crippen molar-refractivity contribution in [2.75, 3.05) is 26.7 Å². The Morgan fingerprint density at radius 2 is 2.15 bits per heavy atom. The van der Waals surface area contributed by atoms with Gasteiger partial charge >= 0.3 is 0 Å². The van der Waals surface area contributed by atoms with Crippen LogP contribution in [0.1, 0.15) is 29.1 Å². The number of fused-ring (bicyclic) bond motifs is 1. The second-order valence-electron chi connectivity index (χ2n) is 8.42. The number of rotatable bonds is 7. The highest BCUT2D eigenvalue weighted by molar-refractivity contribution is 6.05. The Hall–Kier alpha value is -3.65. The fourth-order valence-electron chi connectivity index (χ4n) is 4.42. The zero-order valence-electron chi connectivity index (χ0n) is 18.6. The van der Waals surface area contributed by atoms with Gasteiger partial charge < -0.3 is 14.5 Å². The fraction of sp³-hybridized carbons (Fsp3) is 0.320. The van der Waals surface area contributed by atoms with E-state index in [0.29, 0.717) is 18.2 Å². The number of pyridine rings is 1. The van der Waals surface area contributed by atoms with Gasteiger partial charge in [-0.2, -0.15) is 5.10 Å². The molecule has 0 atom stereocenters. The molecular weight excluding hydrogens is 418 g/mol. The molecule has 0 spiro atoms. The molecule has 1 amide bonds. The number of carbonyl (C=O) groups is 1. The highest BCUT2D eigenvalue weighted by Crippen LogP contribution is 2.31. The molecule has 0 saturated carbocycles. The number of aromatic nitrogens is 3. The minimum atomic E-state index is -0.158. The number of nitrogens with one attached hydrogen (secondary N) is 2. The standard InChI is InChI=1S/C25H27N5O3/c1-32-23-6-9-26-15-21(23)18-4-5-22-20(13-18)24(29-28-22)25(31)27-14-17-7-10-30(11-8-17)16-19-3-2-12-33-19/h2-6,9,12-13,15,17H,7-8,10-11,14,16H2,1H3,(H,27,31)(H,28,29). The van der Waals surface area contributed by atoms with Crippen LogP contribution in [0.3, 0.4) is 0 Å². The molecule has 8 nitrogen and oxygen atoms in total. The monoisotopic (exact) mass is 445 g/mol. The largest absolute Gasteiger partial charge is 0.496 e. The highest BCUT2D eigenvalue weighted by atomic mass is 16.5. The van der Waals surface area contributed by atoms with E-state index in [0.717, 1.165) is 66.0 Å². The molecule has 1 fully saturated rings. The number of piperidine rings is 1. The average Bonchev–Trinajstić information content (AvgIpc) is 3.53. The lowest BCUT2D eigenvalue weighted by molar-refractivity contribution is 0.0930. The zero-order chi connectivity index (χ0) is 22.6. The molecule has 5 rings (SSSR count). The molecule has 1 aliphatic rings. The van der Waals surface area contributed by atoms with Gasteiger partial charge in [-0.1, -0.05) is 6.07 Å². The van der Waals surface area contributed by atoms with E-state index in [1.54, 1.807) is 25.8 Å². The van der Waals surface area contributed by atoms with E-state index in [1.807, 2.05) is 36.4 Å². The van der Waals surface area contributed by atoms with Gasteiger partial charge in [0.15, 0.2) is 5.69 Å². The van der Waals surface area contributed by atoms with Crippen molar-refractivity contribution in [3.8, 4) is 16.9 Å². The van der Waals surface area contributed by atoms with Crippen LogP contribution in [-0.2, 0) is 6.54 Å². The molecule has 0 unspecified atom stereocenters. The van der Waals surface area contributed by atoms with Gasteiger partial charge in [0, 0.05) is 29.9 Å². The minimum absolute atomic E-state index is 0.158. The third-order valence-corrected chi connectivity index (χ3v) is 6.31. The first-order valence-corrected chi connectivity index (χ1v) is 11.2. The highest BCUT2D eigenvalue weighted by Gasteiger charge is 2.22. The van der Waals surface area contributed by atoms with Gasteiger partial charge in [-0.05, 0) is 67.7 Å². The number of ether oxygens (including phenoxy) is 1. The molecule has 2 N–H and O–H groups in total. The number of hydrogen-bond acceptors (Lipinski definition) is 6. The number of H-pyrrole nitrogens is 1. The van der Waals surface area contributed by atoms with E-state index in [1.165, 1.54) is 0 Å². The van der Waals surface area contributed by atoms with Crippen LogP contribution in [0.5, 0.6) is 5.75 Å². The first kappa shape index (κ1) is 21.2. The number of furan rings is 1. The predicted octanol–water partition coefficient (Wildman–Crippen LogP) is 3.87. The molecule has 4 heterocycles. The van der Waals surface area contributed by atoms with Gasteiger partial charge in [0.05, 0.1) is 25.4 Å². The van der Waals surface area contributed by atoms with Crippen molar-refractivity contribution in [3.05, 3.63) is 66.5 Å². The van der Waals surface area contributed by atoms with Gasteiger partial charge in [-0.3, -0.25) is 19.8 Å². The van der Waals surface area contributed by atoms with Crippen molar-refractivity contribution in [3.63, 3.8) is 0 Å². The van der Waals surface area contributed by atoms with E-state index >= 15 is 0 Å². The van der Waals surface area contributed by atoms with Crippen LogP contribution in [0, 0.1) is 5.92 Å². The number of benzene rings is 1. The second kappa shape index (κ2) is 9.46. The lowest BCUT2D eigenvalue weighted by Crippen LogP contribution is -2.38. The maximum Gasteiger partial charge on any atom is 0.272 e. The van der Waals surface area contributed by atoms with Crippen LogP contribution < -0.4 is 10.1 Å². The summed E-state index contributed by atoms with van der Waals surface area (Å²) in [5, 5.41) is 11.1. The Kier molecular flexibility index (Phi) is 6.08. The molecule has 4 aromatic rings. The molecule has 1 aromatic carbocycles. The number of nitrogens with zero attached hydrogens (tertiary/aromatic N) is 3. The summed E-state index contributed by atoms with van der Waals surface area (Å²) in [6, 6.07) is 11.6. The number of amides is 1. The van der Waals surface area contributed by atoms with Crippen molar-refractivity contribution in [2.45, 2.75) is 19.4 Å². The number of hydrogen-bond donors (Lipinski definition) is 2. The van der Waals surface area contributed by atoms with Gasteiger partial charge in [0.25, 0.3) is 5.91 Å². The van der Waals surface area contributed by atoms with Gasteiger partial charge in [-0.15, -0.1) is 0 Å². The lowest BCUT2D eigenvalue weighted by Gasteiger charge is -2.31. The molecule has 1 saturated heterocycles. The van der Waals surface area contributed by atoms with E-state index in [4.69, 9.17) is 9.15 Å². The summed E-state index contributed by atoms with van der Waals surface area (Å²) in [5.74, 6) is 2.03. The SMILES string of the molecule is COc1ccncc1-c1ccc2[nH]nc(C(=O)NCC3CCN(Cc4ccco4)CC3)c2c1. The van der Waals surface area contributed by atoms with Gasteiger partial charge in [0.2, 0.25) is 0 Å². The van der Waals surface area contributed by atoms with Gasteiger partial charge in [-0.25, -0.2) is 0 Å². The maximum atomic E-state index is 13.0. The molecular formula is C25H27N5O3. The summed E-state index contributed by atoms with van der Waals surface area (Å²) >= 11 is 0. The van der Waals surface area contributed by atoms with Crippen LogP contribution in [0.15, 0.2) is 59.5 Å². The summed E-state index contributed by atoms with van der Waals surface area (Å²) in [6.07, 6.45) is 7.27. The Labute approximate surface area is 192 Å². The number of likely N-dealkylation sites (tertiary alicyclic amines) is 1. The van der Waals surface area contributed by atoms with E-state index in [2.05, 4.69) is 25.4 Å². The van der Waals surface area contributed by atoms with Crippen LogP contribution in [0.4, 0.5) is 0 Å². The number of carbonyl (C=O) groups excluding carboxylic acids is 1. The smallest absolute Gasteiger partial charge is 0.272 e. The van der Waals surface area contributed by atoms with Crippen molar-refractivity contribution >= 4 is 16.8 Å². The molecule has 170 valence electrons. The summed E-state index contributed by atoms with van der Waals surface area (Å²) in [6.45, 7) is 3.50. The summed E-state index contributed by atoms with van der Waals surface area (Å²) in [5.41, 5.74) is 3.02. The topological polar surface area (TPSA) is 96.3 Å². The van der Waals surface area contributed by atoms with E-state index in [9.17, 15) is 4.79 Å². The van der Waals surface area contributed by atoms with Crippen molar-refractivity contribution in [1.82, 2.24) is 25.4 Å². The Bertz CT molecular complexity index is 1230. The average molecular weight is 446 g/mol. The van der Waals surface area contributed by atoms with Crippen molar-refractivity contribution in [1.29, 1.82) is 0 Å². The first-order valence-electron chi connectivity index (χ1n) is 11.2. The summed E-state index contributed by atoms with van der Waals surface area (Å²) in [7, 11) is 1.63. The third kappa shape index (κ3) is 4.61. The molecule has 8 heteroatoms. The quantitative estimate of drug-likeness (QED) is 0.448. The molecule has 1 aliphatic heterocycles. The summed E-state index contributed by atoms with van der Waals surface area (Å²) in [4.78, 5) is 19.6. The fourth-order valence-corrected chi connectivity index (χ4v) is 4.42. The predicted molar refractivity (Wildman–Crippen MR) is 125 cm³/mol. The minimum Gasteiger partial charge on any atom is -0.496 e. The second-order valence-corrected chi connectivity index (χ2v) is 8.42. The van der Waals surface area contributed by atoms with Crippen LogP contribution >= 0.6 is 0 Å². The Morgan fingerprint density at radius 3 is 2.94 bits per heavy atom.